The molecule has 0 saturated carbocycles. The zero-order valence-corrected chi connectivity index (χ0v) is 51.6. The summed E-state index contributed by atoms with van der Waals surface area (Å²) < 4.78 is 5.93. The van der Waals surface area contributed by atoms with Crippen LogP contribution in [0.3, 0.4) is 0 Å². The molecule has 0 amide bonds. The zero-order chi connectivity index (χ0) is 57.5. The number of rotatable bonds is 4. The molecule has 4 aliphatic carbocycles. The molecule has 0 spiro atoms. The Morgan fingerprint density at radius 1 is 0.247 bits per heavy atom. The van der Waals surface area contributed by atoms with Crippen molar-refractivity contribution in [2.75, 3.05) is 0 Å². The Kier molecular flexibility index (Phi) is 9.07. The molecule has 4 aliphatic heterocycles. The third kappa shape index (κ3) is 5.85. The normalized spacial score (nSPS) is 13.7. The molecule has 2 aromatic heterocycles. The van der Waals surface area contributed by atoms with E-state index in [9.17, 15) is 0 Å². The van der Waals surface area contributed by atoms with Crippen LogP contribution < -0.4 is 21.4 Å². The van der Waals surface area contributed by atoms with Gasteiger partial charge in [0, 0.05) is 0 Å². The van der Waals surface area contributed by atoms with Gasteiger partial charge in [0.25, 0.3) is 0 Å². The maximum atomic E-state index is 6.50. The van der Waals surface area contributed by atoms with E-state index in [1.54, 1.807) is 0 Å². The Hall–Kier alpha value is -10.8. The van der Waals surface area contributed by atoms with Crippen molar-refractivity contribution in [3.8, 4) is 44.5 Å². The second kappa shape index (κ2) is 17.0. The fourth-order valence-corrected chi connectivity index (χ4v) is 22.9. The molecular weight excluding hydrogens is 1270 g/mol. The molecule has 8 aliphatic rings. The van der Waals surface area contributed by atoms with Crippen molar-refractivity contribution in [3.05, 3.63) is 354 Å². The molecule has 4 nitrogen and oxygen atoms in total. The van der Waals surface area contributed by atoms with Gasteiger partial charge in [-0.1, -0.05) is 0 Å². The molecular formula is C84H44N4Pb. The second-order valence-corrected chi connectivity index (χ2v) is 28.8. The van der Waals surface area contributed by atoms with Crippen LogP contribution in [-0.4, -0.2) is 39.6 Å². The summed E-state index contributed by atoms with van der Waals surface area (Å²) in [5, 5.41) is 24.3. The van der Waals surface area contributed by atoms with Crippen LogP contribution in [-0.2, 0) is 0 Å². The first-order valence-corrected chi connectivity index (χ1v) is 34.3. The van der Waals surface area contributed by atoms with E-state index in [0.717, 1.165) is 66.6 Å². The van der Waals surface area contributed by atoms with Gasteiger partial charge in [-0.3, -0.25) is 0 Å². The summed E-state index contributed by atoms with van der Waals surface area (Å²) in [7, 11) is 0. The van der Waals surface area contributed by atoms with Crippen molar-refractivity contribution in [3.63, 3.8) is 0 Å². The first-order valence-electron chi connectivity index (χ1n) is 30.8. The van der Waals surface area contributed by atoms with Crippen LogP contribution in [0.25, 0.3) is 131 Å². The average molecular weight is 1320 g/mol. The van der Waals surface area contributed by atoms with Gasteiger partial charge < -0.3 is 0 Å². The van der Waals surface area contributed by atoms with Gasteiger partial charge in [0.05, 0.1) is 0 Å². The third-order valence-electron chi connectivity index (χ3n) is 20.4. The number of hydrogen-bond donors (Lipinski definition) is 0. The Balaban J connectivity index is 1.14. The third-order valence-corrected chi connectivity index (χ3v) is 25.4. The van der Waals surface area contributed by atoms with Crippen molar-refractivity contribution < 1.29 is 0 Å². The van der Waals surface area contributed by atoms with E-state index in [2.05, 4.69) is 272 Å². The summed E-state index contributed by atoms with van der Waals surface area (Å²) in [6, 6.07) is 101. The molecule has 2 radical (unpaired) electrons. The minimum absolute atomic E-state index is 1.02. The van der Waals surface area contributed by atoms with Gasteiger partial charge in [0.15, 0.2) is 0 Å². The summed E-state index contributed by atoms with van der Waals surface area (Å²) in [4.78, 5) is 13.0. The number of fused-ring (bicyclic) bond motifs is 22. The zero-order valence-electron chi connectivity index (χ0n) is 47.7. The Morgan fingerprint density at radius 2 is 0.551 bits per heavy atom. The monoisotopic (exact) mass is 1320 g/mol. The van der Waals surface area contributed by atoms with Gasteiger partial charge in [-0.05, 0) is 0 Å². The van der Waals surface area contributed by atoms with E-state index < -0.39 is 24.8 Å². The van der Waals surface area contributed by atoms with Crippen LogP contribution in [0.1, 0.15) is 45.0 Å². The first kappa shape index (κ1) is 47.4. The van der Waals surface area contributed by atoms with E-state index in [4.69, 9.17) is 9.97 Å². The summed E-state index contributed by atoms with van der Waals surface area (Å²) in [5.41, 5.74) is 23.8. The fraction of sp³-hybridized carbons (Fsp3) is 0. The van der Waals surface area contributed by atoms with E-state index in [-0.39, 0.29) is 0 Å². The quantitative estimate of drug-likeness (QED) is 0.165. The van der Waals surface area contributed by atoms with Crippen molar-refractivity contribution in [2.24, 2.45) is 0 Å². The number of nitrogens with zero attached hydrogens (tertiary/aromatic N) is 4. The molecule has 6 bridgehead atoms. The summed E-state index contributed by atoms with van der Waals surface area (Å²) in [6.07, 6.45) is 0. The van der Waals surface area contributed by atoms with Crippen molar-refractivity contribution in [2.45, 2.75) is 0 Å². The molecule has 12 aromatic carbocycles. The van der Waals surface area contributed by atoms with E-state index in [0.29, 0.717) is 0 Å². The van der Waals surface area contributed by atoms with Gasteiger partial charge in [-0.15, -0.1) is 0 Å². The molecule has 5 heteroatoms. The van der Waals surface area contributed by atoms with Crippen LogP contribution in [0.5, 0.6) is 0 Å². The molecule has 14 aromatic rings. The molecule has 0 saturated heterocycles. The van der Waals surface area contributed by atoms with Crippen molar-refractivity contribution >= 4 is 112 Å². The Labute approximate surface area is 521 Å². The Bertz CT molecular complexity index is 6250. The first-order chi connectivity index (χ1) is 44.2. The topological polar surface area (TPSA) is 35.6 Å². The Morgan fingerprint density at radius 3 is 0.910 bits per heavy atom. The fourth-order valence-electron chi connectivity index (χ4n) is 17.1. The van der Waals surface area contributed by atoms with Crippen LogP contribution >= 0.6 is 0 Å². The second-order valence-electron chi connectivity index (χ2n) is 24.6. The molecule has 89 heavy (non-hydrogen) atoms. The number of benzene rings is 12. The van der Waals surface area contributed by atoms with E-state index in [1.165, 1.54) is 152 Å². The van der Waals surface area contributed by atoms with Gasteiger partial charge in [-0.25, -0.2) is 0 Å². The number of hydrogen-bond acceptors (Lipinski definition) is 2. The summed E-state index contributed by atoms with van der Waals surface area (Å²) >= 11 is -2.81. The molecule has 22 rings (SSSR count). The molecule has 0 unspecified atom stereocenters. The minimum atomic E-state index is -2.81. The van der Waals surface area contributed by atoms with Crippen LogP contribution in [0.2, 0.25) is 0 Å². The van der Waals surface area contributed by atoms with Crippen molar-refractivity contribution in [1.29, 1.82) is 0 Å². The van der Waals surface area contributed by atoms with Gasteiger partial charge in [0.2, 0.25) is 0 Å². The van der Waals surface area contributed by atoms with Gasteiger partial charge in [0.1, 0.15) is 0 Å². The SMILES string of the molecule is c1ccc(C2=c3nc(c4c5cccc6cccc(c3=4)c65)C(c3ccccc3)=c3c4c(c5[n]3[Pb][n]3c2c2c(c3C(c3ccccc3)=c3nc(c6c7cccc8cccc(c3=6)c87)C=5c3ccccc3)-c3cccc5cccc-2c35)-c2cccc3cccc-4c23)cc1. The van der Waals surface area contributed by atoms with Crippen LogP contribution in [0.15, 0.2) is 267 Å². The van der Waals surface area contributed by atoms with Crippen molar-refractivity contribution in [1.82, 2.24) is 14.7 Å². The molecule has 6 heterocycles. The maximum absolute atomic E-state index is 6.50. The van der Waals surface area contributed by atoms with Gasteiger partial charge >= 0.3 is 525 Å². The number of aromatic nitrogens is 4. The average Bonchev–Trinajstić information content (AvgIpc) is 1.51. The van der Waals surface area contributed by atoms with Crippen LogP contribution in [0.4, 0.5) is 0 Å². The van der Waals surface area contributed by atoms with E-state index in [1.807, 2.05) is 0 Å². The summed E-state index contributed by atoms with van der Waals surface area (Å²) in [5.74, 6) is 0. The van der Waals surface area contributed by atoms with Gasteiger partial charge in [-0.2, -0.15) is 0 Å². The molecule has 0 N–H and O–H groups in total. The summed E-state index contributed by atoms with van der Waals surface area (Å²) in [6.45, 7) is 0. The molecule has 0 atom stereocenters. The predicted octanol–water partition coefficient (Wildman–Crippen LogP) is 15.6. The predicted molar refractivity (Wildman–Crippen MR) is 363 cm³/mol. The van der Waals surface area contributed by atoms with Crippen LogP contribution in [0, 0.1) is 20.9 Å². The molecule has 404 valence electrons. The standard InChI is InChI=1S/C84H44N4.Pb/c1-5-21-49(22-6-1)65-77-69-53-37-13-29-45-31-15-39-55(61(45)53)71(69)79(85-77)66(50-23-7-2-8-24-50)81-73-57-41-17-33-47-35-19-43-59(63(47)57)75(73)83(87-81)68(52-27-11-4-12-28-52)84-76-60-44-20-36-48-34-18-42-58(64(48)60)74(76)82(88-84)67(51-25-9-3-10-26-51)80-72-56-40-16-32-46-30-14-38-54(62(46)56)70(72)78(65)86-80;/h1-44H;/q-2;+2. The van der Waals surface area contributed by atoms with E-state index >= 15 is 0 Å². The molecule has 0 fully saturated rings.